The fraction of sp³-hybridized carbons (Fsp3) is 0.385. The van der Waals surface area contributed by atoms with Crippen LogP contribution in [0.2, 0.25) is 0 Å². The number of hydrogen-bond acceptors (Lipinski definition) is 2. The van der Waals surface area contributed by atoms with Gasteiger partial charge in [-0.05, 0) is 18.4 Å². The zero-order valence-electron chi connectivity index (χ0n) is 8.48. The summed E-state index contributed by atoms with van der Waals surface area (Å²) in [4.78, 5) is 0. The summed E-state index contributed by atoms with van der Waals surface area (Å²) >= 11 is 0. The SMILES string of the molecule is N#CC1(C#N)CCCC1c1ccccc1. The molecule has 1 aromatic rings. The Hall–Kier alpha value is -1.80. The summed E-state index contributed by atoms with van der Waals surface area (Å²) in [6, 6.07) is 14.3. The first kappa shape index (κ1) is 9.74. The minimum absolute atomic E-state index is 0.0914. The van der Waals surface area contributed by atoms with Crippen LogP contribution in [0.1, 0.15) is 30.7 Å². The Morgan fingerprint density at radius 1 is 1.13 bits per heavy atom. The molecule has 1 atom stereocenters. The summed E-state index contributed by atoms with van der Waals surface area (Å²) in [6.07, 6.45) is 2.63. The van der Waals surface area contributed by atoms with Crippen molar-refractivity contribution < 1.29 is 0 Å². The third-order valence-electron chi connectivity index (χ3n) is 3.26. The molecule has 0 radical (unpaired) electrons. The average Bonchev–Trinajstić information content (AvgIpc) is 2.74. The zero-order chi connectivity index (χ0) is 10.7. The molecule has 0 saturated heterocycles. The van der Waals surface area contributed by atoms with Gasteiger partial charge in [-0.3, -0.25) is 0 Å². The molecule has 0 amide bonds. The predicted octanol–water partition coefficient (Wildman–Crippen LogP) is 2.99. The molecule has 2 heteroatoms. The van der Waals surface area contributed by atoms with Crippen LogP contribution >= 0.6 is 0 Å². The van der Waals surface area contributed by atoms with Crippen molar-refractivity contribution in [2.24, 2.45) is 5.41 Å². The average molecular weight is 196 g/mol. The van der Waals surface area contributed by atoms with E-state index in [2.05, 4.69) is 12.1 Å². The second-order valence-corrected chi connectivity index (χ2v) is 4.05. The first-order chi connectivity index (χ1) is 7.32. The van der Waals surface area contributed by atoms with Crippen molar-refractivity contribution in [3.05, 3.63) is 35.9 Å². The highest BCUT2D eigenvalue weighted by molar-refractivity contribution is 5.32. The van der Waals surface area contributed by atoms with E-state index < -0.39 is 5.41 Å². The Labute approximate surface area is 89.8 Å². The van der Waals surface area contributed by atoms with E-state index in [1.54, 1.807) is 0 Å². The maximum Gasteiger partial charge on any atom is 0.150 e. The van der Waals surface area contributed by atoms with E-state index in [-0.39, 0.29) is 5.92 Å². The van der Waals surface area contributed by atoms with E-state index in [4.69, 9.17) is 0 Å². The molecule has 1 fully saturated rings. The molecule has 1 aliphatic carbocycles. The maximum atomic E-state index is 9.18. The summed E-state index contributed by atoms with van der Waals surface area (Å²) in [7, 11) is 0. The standard InChI is InChI=1S/C13H12N2/c14-9-13(10-15)8-4-7-12(13)11-5-2-1-3-6-11/h1-3,5-6,12H,4,7-8H2. The molecule has 1 aromatic carbocycles. The molecule has 1 saturated carbocycles. The van der Waals surface area contributed by atoms with Gasteiger partial charge in [-0.15, -0.1) is 0 Å². The molecule has 15 heavy (non-hydrogen) atoms. The summed E-state index contributed by atoms with van der Waals surface area (Å²) in [5, 5.41) is 18.4. The Morgan fingerprint density at radius 2 is 1.80 bits per heavy atom. The lowest BCUT2D eigenvalue weighted by atomic mass is 9.77. The van der Waals surface area contributed by atoms with E-state index in [0.29, 0.717) is 6.42 Å². The van der Waals surface area contributed by atoms with Crippen molar-refractivity contribution in [2.45, 2.75) is 25.2 Å². The van der Waals surface area contributed by atoms with Gasteiger partial charge in [0, 0.05) is 5.92 Å². The number of hydrogen-bond donors (Lipinski definition) is 0. The van der Waals surface area contributed by atoms with Crippen LogP contribution in [0.5, 0.6) is 0 Å². The van der Waals surface area contributed by atoms with Crippen LogP contribution in [0.25, 0.3) is 0 Å². The van der Waals surface area contributed by atoms with Crippen LogP contribution in [0.4, 0.5) is 0 Å². The van der Waals surface area contributed by atoms with Gasteiger partial charge in [0.2, 0.25) is 0 Å². The first-order valence-corrected chi connectivity index (χ1v) is 5.20. The lowest BCUT2D eigenvalue weighted by Gasteiger charge is -2.21. The van der Waals surface area contributed by atoms with Crippen molar-refractivity contribution in [3.8, 4) is 12.1 Å². The van der Waals surface area contributed by atoms with Crippen LogP contribution in [-0.2, 0) is 0 Å². The van der Waals surface area contributed by atoms with Crippen molar-refractivity contribution in [3.63, 3.8) is 0 Å². The molecule has 1 aliphatic rings. The quantitative estimate of drug-likeness (QED) is 0.693. The fourth-order valence-corrected chi connectivity index (χ4v) is 2.43. The highest BCUT2D eigenvalue weighted by Gasteiger charge is 2.44. The molecule has 0 heterocycles. The Morgan fingerprint density at radius 3 is 2.40 bits per heavy atom. The molecule has 2 rings (SSSR count). The van der Waals surface area contributed by atoms with Gasteiger partial charge in [-0.2, -0.15) is 10.5 Å². The van der Waals surface area contributed by atoms with Gasteiger partial charge in [0.05, 0.1) is 12.1 Å². The van der Waals surface area contributed by atoms with Crippen LogP contribution in [0.3, 0.4) is 0 Å². The largest absolute Gasteiger partial charge is 0.197 e. The Bertz CT molecular complexity index is 408. The van der Waals surface area contributed by atoms with Crippen LogP contribution in [0.15, 0.2) is 30.3 Å². The van der Waals surface area contributed by atoms with Crippen molar-refractivity contribution in [2.75, 3.05) is 0 Å². The summed E-state index contributed by atoms with van der Waals surface area (Å²) in [5.41, 5.74) is 0.333. The number of nitriles is 2. The lowest BCUT2D eigenvalue weighted by Crippen LogP contribution is -2.19. The van der Waals surface area contributed by atoms with Crippen LogP contribution in [0, 0.1) is 28.1 Å². The monoisotopic (exact) mass is 196 g/mol. The number of benzene rings is 1. The fourth-order valence-electron chi connectivity index (χ4n) is 2.43. The normalized spacial score (nSPS) is 22.9. The first-order valence-electron chi connectivity index (χ1n) is 5.20. The molecule has 0 spiro atoms. The Balaban J connectivity index is 2.40. The molecule has 0 N–H and O–H groups in total. The van der Waals surface area contributed by atoms with E-state index in [1.165, 1.54) is 0 Å². The molecule has 74 valence electrons. The van der Waals surface area contributed by atoms with Crippen molar-refractivity contribution >= 4 is 0 Å². The van der Waals surface area contributed by atoms with Crippen molar-refractivity contribution in [1.82, 2.24) is 0 Å². The van der Waals surface area contributed by atoms with Crippen LogP contribution in [-0.4, -0.2) is 0 Å². The van der Waals surface area contributed by atoms with Gasteiger partial charge in [0.25, 0.3) is 0 Å². The molecular weight excluding hydrogens is 184 g/mol. The highest BCUT2D eigenvalue weighted by atomic mass is 14.5. The summed E-state index contributed by atoms with van der Waals surface area (Å²) in [5.74, 6) is 0.0914. The van der Waals surface area contributed by atoms with Crippen molar-refractivity contribution in [1.29, 1.82) is 10.5 Å². The molecule has 0 bridgehead atoms. The van der Waals surface area contributed by atoms with Gasteiger partial charge in [0.15, 0.2) is 5.41 Å². The number of nitrogens with zero attached hydrogens (tertiary/aromatic N) is 2. The number of rotatable bonds is 1. The molecule has 1 unspecified atom stereocenters. The third kappa shape index (κ3) is 1.49. The van der Waals surface area contributed by atoms with Gasteiger partial charge in [-0.1, -0.05) is 36.8 Å². The topological polar surface area (TPSA) is 47.6 Å². The zero-order valence-corrected chi connectivity index (χ0v) is 8.48. The highest BCUT2D eigenvalue weighted by Crippen LogP contribution is 2.48. The smallest absolute Gasteiger partial charge is 0.150 e. The van der Waals surface area contributed by atoms with Gasteiger partial charge < -0.3 is 0 Å². The van der Waals surface area contributed by atoms with E-state index in [9.17, 15) is 10.5 Å². The van der Waals surface area contributed by atoms with Gasteiger partial charge >= 0.3 is 0 Å². The molecule has 2 nitrogen and oxygen atoms in total. The van der Waals surface area contributed by atoms with E-state index in [0.717, 1.165) is 18.4 Å². The summed E-state index contributed by atoms with van der Waals surface area (Å²) < 4.78 is 0. The lowest BCUT2D eigenvalue weighted by molar-refractivity contribution is 0.476. The molecular formula is C13H12N2. The van der Waals surface area contributed by atoms with Gasteiger partial charge in [0.1, 0.15) is 0 Å². The molecule has 0 aromatic heterocycles. The Kier molecular flexibility index (Phi) is 2.44. The summed E-state index contributed by atoms with van der Waals surface area (Å²) in [6.45, 7) is 0. The van der Waals surface area contributed by atoms with E-state index >= 15 is 0 Å². The van der Waals surface area contributed by atoms with E-state index in [1.807, 2.05) is 30.3 Å². The second kappa shape index (κ2) is 3.75. The third-order valence-corrected chi connectivity index (χ3v) is 3.26. The maximum absolute atomic E-state index is 9.18. The molecule has 0 aliphatic heterocycles. The predicted molar refractivity (Wildman–Crippen MR) is 56.7 cm³/mol. The van der Waals surface area contributed by atoms with Crippen LogP contribution < -0.4 is 0 Å². The van der Waals surface area contributed by atoms with Gasteiger partial charge in [-0.25, -0.2) is 0 Å². The minimum Gasteiger partial charge on any atom is -0.197 e. The second-order valence-electron chi connectivity index (χ2n) is 4.05. The minimum atomic E-state index is -0.790.